The third kappa shape index (κ3) is 2.80. The van der Waals surface area contributed by atoms with Crippen LogP contribution in [-0.2, 0) is 28.9 Å². The van der Waals surface area contributed by atoms with Crippen LogP contribution < -0.4 is 5.32 Å². The number of hydrogen-bond acceptors (Lipinski definition) is 5. The Bertz CT molecular complexity index is 453. The molecule has 1 aliphatic heterocycles. The van der Waals surface area contributed by atoms with Crippen LogP contribution in [0, 0.1) is 0 Å². The molecule has 1 aliphatic carbocycles. The highest BCUT2D eigenvalue weighted by atomic mass is 32.1. The number of aryl methyl sites for hydroxylation is 2. The normalized spacial score (nSPS) is 23.3. The van der Waals surface area contributed by atoms with Gasteiger partial charge in [-0.05, 0) is 19.3 Å². The number of nitrogens with zero attached hydrogens (tertiary/aromatic N) is 2. The first-order valence-corrected chi connectivity index (χ1v) is 7.61. The number of amides is 1. The maximum atomic E-state index is 11.6. The van der Waals surface area contributed by atoms with Crippen molar-refractivity contribution in [2.75, 3.05) is 26.7 Å². The number of ether oxygens (including phenoxy) is 1. The molecule has 1 N–H and O–H groups in total. The molecule has 0 spiro atoms. The van der Waals surface area contributed by atoms with Crippen molar-refractivity contribution in [1.29, 1.82) is 0 Å². The Morgan fingerprint density at radius 2 is 2.47 bits per heavy atom. The van der Waals surface area contributed by atoms with Crippen LogP contribution in [0.4, 0.5) is 0 Å². The maximum Gasteiger partial charge on any atom is 0.250 e. The number of nitrogens with one attached hydrogen (secondary N) is 1. The van der Waals surface area contributed by atoms with Gasteiger partial charge in [0.2, 0.25) is 5.91 Å². The summed E-state index contributed by atoms with van der Waals surface area (Å²) in [5.74, 6) is -0.0358. The summed E-state index contributed by atoms with van der Waals surface area (Å²) in [5, 5.41) is 3.83. The molecule has 0 saturated carbocycles. The number of aromatic nitrogens is 1. The predicted molar refractivity (Wildman–Crippen MR) is 73.2 cm³/mol. The van der Waals surface area contributed by atoms with Gasteiger partial charge in [0, 0.05) is 25.0 Å². The SMILES string of the molecule is CNC(=O)C1CN(Cc2nc3c(s2)CCC3)CCO1. The van der Waals surface area contributed by atoms with Crippen molar-refractivity contribution in [2.45, 2.75) is 31.9 Å². The van der Waals surface area contributed by atoms with Gasteiger partial charge in [-0.2, -0.15) is 0 Å². The summed E-state index contributed by atoms with van der Waals surface area (Å²) < 4.78 is 5.49. The Morgan fingerprint density at radius 1 is 1.58 bits per heavy atom. The van der Waals surface area contributed by atoms with E-state index in [0.29, 0.717) is 13.2 Å². The van der Waals surface area contributed by atoms with Crippen molar-refractivity contribution in [3.05, 3.63) is 15.6 Å². The van der Waals surface area contributed by atoms with E-state index in [0.717, 1.165) is 19.5 Å². The van der Waals surface area contributed by atoms with Gasteiger partial charge in [0.1, 0.15) is 11.1 Å². The fraction of sp³-hybridized carbons (Fsp3) is 0.692. The fourth-order valence-electron chi connectivity index (χ4n) is 2.67. The molecule has 5 nitrogen and oxygen atoms in total. The molecule has 19 heavy (non-hydrogen) atoms. The number of thiazole rings is 1. The third-order valence-electron chi connectivity index (χ3n) is 3.69. The van der Waals surface area contributed by atoms with Crippen molar-refractivity contribution in [3.63, 3.8) is 0 Å². The zero-order chi connectivity index (χ0) is 13.2. The van der Waals surface area contributed by atoms with Crippen LogP contribution in [0.3, 0.4) is 0 Å². The molecule has 1 saturated heterocycles. The van der Waals surface area contributed by atoms with Crippen molar-refractivity contribution < 1.29 is 9.53 Å². The minimum absolute atomic E-state index is 0.0358. The second-order valence-corrected chi connectivity index (χ2v) is 6.21. The van der Waals surface area contributed by atoms with Crippen LogP contribution in [0.2, 0.25) is 0 Å². The molecular weight excluding hydrogens is 262 g/mol. The van der Waals surface area contributed by atoms with E-state index in [1.165, 1.54) is 28.4 Å². The van der Waals surface area contributed by atoms with E-state index < -0.39 is 0 Å². The number of morpholine rings is 1. The average molecular weight is 281 g/mol. The molecule has 104 valence electrons. The van der Waals surface area contributed by atoms with Crippen LogP contribution >= 0.6 is 11.3 Å². The summed E-state index contributed by atoms with van der Waals surface area (Å²) in [6.45, 7) is 2.99. The molecule has 0 aromatic carbocycles. The highest BCUT2D eigenvalue weighted by Crippen LogP contribution is 2.28. The predicted octanol–water partition coefficient (Wildman–Crippen LogP) is 0.579. The summed E-state index contributed by atoms with van der Waals surface area (Å²) >= 11 is 1.84. The Balaban J connectivity index is 1.61. The number of hydrogen-bond donors (Lipinski definition) is 1. The third-order valence-corrected chi connectivity index (χ3v) is 4.83. The van der Waals surface area contributed by atoms with Gasteiger partial charge < -0.3 is 10.1 Å². The van der Waals surface area contributed by atoms with Gasteiger partial charge in [-0.25, -0.2) is 4.98 Å². The second kappa shape index (κ2) is 5.56. The summed E-state index contributed by atoms with van der Waals surface area (Å²) in [6.07, 6.45) is 3.24. The first-order valence-electron chi connectivity index (χ1n) is 6.79. The highest BCUT2D eigenvalue weighted by Gasteiger charge is 2.27. The van der Waals surface area contributed by atoms with Crippen LogP contribution in [0.25, 0.3) is 0 Å². The zero-order valence-electron chi connectivity index (χ0n) is 11.1. The lowest BCUT2D eigenvalue weighted by molar-refractivity contribution is -0.138. The van der Waals surface area contributed by atoms with Gasteiger partial charge in [0.05, 0.1) is 18.8 Å². The summed E-state index contributed by atoms with van der Waals surface area (Å²) in [6, 6.07) is 0. The van der Waals surface area contributed by atoms with E-state index in [4.69, 9.17) is 9.72 Å². The van der Waals surface area contributed by atoms with E-state index in [2.05, 4.69) is 10.2 Å². The average Bonchev–Trinajstić information content (AvgIpc) is 2.99. The molecule has 0 bridgehead atoms. The van der Waals surface area contributed by atoms with Gasteiger partial charge in [0.25, 0.3) is 0 Å². The number of rotatable bonds is 3. The largest absolute Gasteiger partial charge is 0.366 e. The van der Waals surface area contributed by atoms with E-state index >= 15 is 0 Å². The molecule has 1 unspecified atom stereocenters. The molecule has 1 aromatic heterocycles. The lowest BCUT2D eigenvalue weighted by atomic mass is 10.2. The molecule has 0 radical (unpaired) electrons. The van der Waals surface area contributed by atoms with Gasteiger partial charge >= 0.3 is 0 Å². The Hall–Kier alpha value is -0.980. The summed E-state index contributed by atoms with van der Waals surface area (Å²) in [4.78, 5) is 20.0. The number of carbonyl (C=O) groups excluding carboxylic acids is 1. The van der Waals surface area contributed by atoms with E-state index in [-0.39, 0.29) is 12.0 Å². The smallest absolute Gasteiger partial charge is 0.250 e. The molecule has 1 aromatic rings. The first-order chi connectivity index (χ1) is 9.26. The number of fused-ring (bicyclic) bond motifs is 1. The molecule has 2 heterocycles. The van der Waals surface area contributed by atoms with Gasteiger partial charge in [0.15, 0.2) is 0 Å². The van der Waals surface area contributed by atoms with E-state index in [1.807, 2.05) is 11.3 Å². The van der Waals surface area contributed by atoms with Gasteiger partial charge in [-0.3, -0.25) is 9.69 Å². The standard InChI is InChI=1S/C13H19N3O2S/c1-14-13(17)10-7-16(5-6-18-10)8-12-15-9-3-2-4-11(9)19-12/h10H,2-8H2,1H3,(H,14,17). The second-order valence-electron chi connectivity index (χ2n) is 5.04. The monoisotopic (exact) mass is 281 g/mol. The zero-order valence-corrected chi connectivity index (χ0v) is 12.0. The Kier molecular flexibility index (Phi) is 3.81. The lowest BCUT2D eigenvalue weighted by Gasteiger charge is -2.31. The molecular formula is C13H19N3O2S. The van der Waals surface area contributed by atoms with E-state index in [1.54, 1.807) is 7.05 Å². The van der Waals surface area contributed by atoms with Crippen LogP contribution in [-0.4, -0.2) is 48.6 Å². The molecule has 1 amide bonds. The minimum Gasteiger partial charge on any atom is -0.366 e. The lowest BCUT2D eigenvalue weighted by Crippen LogP contribution is -2.48. The van der Waals surface area contributed by atoms with Crippen LogP contribution in [0.1, 0.15) is 22.0 Å². The van der Waals surface area contributed by atoms with Crippen LogP contribution in [0.5, 0.6) is 0 Å². The summed E-state index contributed by atoms with van der Waals surface area (Å²) in [7, 11) is 1.65. The van der Waals surface area contributed by atoms with Crippen molar-refractivity contribution in [2.24, 2.45) is 0 Å². The number of likely N-dealkylation sites (N-methyl/N-ethyl adjacent to an activating group) is 1. The van der Waals surface area contributed by atoms with Crippen molar-refractivity contribution in [3.8, 4) is 0 Å². The molecule has 1 atom stereocenters. The van der Waals surface area contributed by atoms with Crippen molar-refractivity contribution >= 4 is 17.2 Å². The van der Waals surface area contributed by atoms with Crippen LogP contribution in [0.15, 0.2) is 0 Å². The quantitative estimate of drug-likeness (QED) is 0.880. The van der Waals surface area contributed by atoms with Crippen molar-refractivity contribution in [1.82, 2.24) is 15.2 Å². The topological polar surface area (TPSA) is 54.5 Å². The molecule has 6 heteroatoms. The summed E-state index contributed by atoms with van der Waals surface area (Å²) in [5.41, 5.74) is 1.30. The van der Waals surface area contributed by atoms with E-state index in [9.17, 15) is 4.79 Å². The highest BCUT2D eigenvalue weighted by molar-refractivity contribution is 7.11. The Labute approximate surface area is 117 Å². The number of carbonyl (C=O) groups is 1. The minimum atomic E-state index is -0.342. The molecule has 1 fully saturated rings. The first kappa shape index (κ1) is 13.0. The molecule has 2 aliphatic rings. The Morgan fingerprint density at radius 3 is 3.26 bits per heavy atom. The van der Waals surface area contributed by atoms with Gasteiger partial charge in [-0.1, -0.05) is 0 Å². The molecule has 3 rings (SSSR count). The fourth-order valence-corrected chi connectivity index (χ4v) is 3.87. The maximum absolute atomic E-state index is 11.6. The van der Waals surface area contributed by atoms with Gasteiger partial charge in [-0.15, -0.1) is 11.3 Å².